The summed E-state index contributed by atoms with van der Waals surface area (Å²) in [5, 5.41) is 1.06. The second-order valence-electron chi connectivity index (χ2n) is 23.7. The van der Waals surface area contributed by atoms with Gasteiger partial charge in [0.2, 0.25) is 0 Å². The number of para-hydroxylation sites is 5. The van der Waals surface area contributed by atoms with Crippen molar-refractivity contribution in [1.82, 2.24) is 18.7 Å². The number of pyridine rings is 1. The maximum absolute atomic E-state index is 9.77. The minimum absolute atomic E-state index is 0. The first-order chi connectivity index (χ1) is 46.8. The number of aromatic nitrogens is 5. The van der Waals surface area contributed by atoms with Crippen LogP contribution in [-0.2, 0) is 43.7 Å². The minimum Gasteiger partial charge on any atom is -0.510 e. The molecule has 85 heavy (non-hydrogen) atoms. The topological polar surface area (TPSA) is 40.8 Å². The Kier molecular flexibility index (Phi) is 10.2. The van der Waals surface area contributed by atoms with Crippen LogP contribution in [0.15, 0.2) is 236 Å². The van der Waals surface area contributed by atoms with Crippen LogP contribution in [0.4, 0.5) is 0 Å². The Hall–Kier alpha value is -9.09. The summed E-state index contributed by atoms with van der Waals surface area (Å²) in [6.07, 6.45) is 3.23. The maximum Gasteiger partial charge on any atom is 0.268 e. The van der Waals surface area contributed by atoms with E-state index in [9.17, 15) is 8.22 Å². The molecule has 0 saturated carbocycles. The Morgan fingerprint density at radius 2 is 1.16 bits per heavy atom. The first-order valence-electron chi connectivity index (χ1n) is 35.4. The van der Waals surface area contributed by atoms with Crippen molar-refractivity contribution < 1.29 is 50.9 Å². The summed E-state index contributed by atoms with van der Waals surface area (Å²) in [5.41, 5.74) is 7.42. The third-order valence-electron chi connectivity index (χ3n) is 15.6. The summed E-state index contributed by atoms with van der Waals surface area (Å²) in [4.78, 5) is 4.89. The molecule has 0 bridgehead atoms. The molecular weight excluding hydrogens is 1220 g/mol. The second-order valence-corrected chi connectivity index (χ2v) is 23.7. The predicted molar refractivity (Wildman–Crippen MR) is 346 cm³/mol. The molecular formula is C78H65N5OPt-2. The molecule has 0 amide bonds. The monoisotopic (exact) mass is 1300 g/mol. The van der Waals surface area contributed by atoms with Crippen molar-refractivity contribution >= 4 is 54.6 Å². The largest absolute Gasteiger partial charge is 0.510 e. The molecule has 0 saturated heterocycles. The zero-order valence-electron chi connectivity index (χ0n) is 63.0. The van der Waals surface area contributed by atoms with Gasteiger partial charge in [-0.25, -0.2) is 4.98 Å². The molecule has 0 aliphatic rings. The van der Waals surface area contributed by atoms with E-state index in [-0.39, 0.29) is 82.8 Å². The molecule has 0 radical (unpaired) electrons. The fourth-order valence-corrected chi connectivity index (χ4v) is 11.3. The number of hydrogen-bond acceptors (Lipinski definition) is 2. The Morgan fingerprint density at radius 3 is 1.88 bits per heavy atom. The van der Waals surface area contributed by atoms with E-state index in [2.05, 4.69) is 78.2 Å². The normalized spacial score (nSPS) is 14.8. The zero-order valence-corrected chi connectivity index (χ0v) is 50.2. The molecule has 6 nitrogen and oxygen atoms in total. The van der Waals surface area contributed by atoms with Gasteiger partial charge in [-0.3, -0.25) is 4.57 Å². The van der Waals surface area contributed by atoms with Crippen LogP contribution in [0, 0.1) is 18.5 Å². The van der Waals surface area contributed by atoms with E-state index in [1.54, 1.807) is 54.7 Å². The van der Waals surface area contributed by atoms with Crippen LogP contribution in [-0.4, -0.2) is 18.7 Å². The summed E-state index contributed by atoms with van der Waals surface area (Å²) in [6.45, 7) is 16.7. The van der Waals surface area contributed by atoms with Gasteiger partial charge in [0, 0.05) is 63.5 Å². The van der Waals surface area contributed by atoms with Gasteiger partial charge in [-0.05, 0) is 121 Å². The van der Waals surface area contributed by atoms with Gasteiger partial charge in [0.1, 0.15) is 5.82 Å². The second kappa shape index (κ2) is 21.5. The molecule has 0 unspecified atom stereocenters. The van der Waals surface area contributed by atoms with Crippen LogP contribution in [0.3, 0.4) is 0 Å². The average Bonchev–Trinajstić information content (AvgIpc) is 1.54. The molecule has 4 heterocycles. The van der Waals surface area contributed by atoms with Gasteiger partial charge in [-0.2, -0.15) is 18.2 Å². The van der Waals surface area contributed by atoms with Crippen molar-refractivity contribution in [3.8, 4) is 56.6 Å². The quantitative estimate of drug-likeness (QED) is 0.0956. The summed E-state index contributed by atoms with van der Waals surface area (Å²) in [6, 6.07) is 47.8. The van der Waals surface area contributed by atoms with Crippen molar-refractivity contribution in [3.63, 3.8) is 0 Å². The van der Waals surface area contributed by atoms with Gasteiger partial charge >= 0.3 is 0 Å². The van der Waals surface area contributed by atoms with E-state index >= 15 is 0 Å². The van der Waals surface area contributed by atoms with Crippen molar-refractivity contribution in [1.29, 1.82) is 0 Å². The molecule has 0 fully saturated rings. The number of benzene rings is 10. The van der Waals surface area contributed by atoms with Crippen molar-refractivity contribution in [2.45, 2.75) is 78.0 Å². The summed E-state index contributed by atoms with van der Waals surface area (Å²) < 4.78 is 150. The third kappa shape index (κ3) is 10.1. The van der Waals surface area contributed by atoms with E-state index in [4.69, 9.17) is 22.1 Å². The Labute approximate surface area is 533 Å². The van der Waals surface area contributed by atoms with E-state index in [1.807, 2.05) is 112 Å². The fourth-order valence-electron chi connectivity index (χ4n) is 11.3. The van der Waals surface area contributed by atoms with Crippen LogP contribution < -0.4 is 9.30 Å². The van der Waals surface area contributed by atoms with E-state index in [0.717, 1.165) is 27.8 Å². The molecule has 0 spiro atoms. The number of rotatable bonds is 11. The van der Waals surface area contributed by atoms with Crippen molar-refractivity contribution in [3.05, 3.63) is 277 Å². The maximum atomic E-state index is 9.77. The SMILES string of the molecule is [2H]c1c([2H])c([2H])c(-c2cccc(-c3cc(C(C)(C)C)cc(C(C)(C)C)c3)c2-[n+]2[c-]n(-c3[c-]c(Oc4[c-]c5c(cc4)c4cc(-n6c7c([2H])c([2H])c([2H])c([2H])c7c7c([2H])c([2H])c([2H])c([2H])c76)ccc4n5-c4cc(C([2H])([2H])C(C)(C)c5ccccc5)ccn4)ccc3)c3ccccc32)c([2H])c1[2H].[Pt]. The van der Waals surface area contributed by atoms with Gasteiger partial charge in [0.15, 0.2) is 0 Å². The van der Waals surface area contributed by atoms with E-state index in [0.29, 0.717) is 66.8 Å². The summed E-state index contributed by atoms with van der Waals surface area (Å²) >= 11 is 0. The first-order valence-corrected chi connectivity index (χ1v) is 27.9. The Balaban J connectivity index is 0.00000896. The number of ether oxygens (including phenoxy) is 1. The van der Waals surface area contributed by atoms with E-state index < -0.39 is 78.3 Å². The molecule has 4 aromatic heterocycles. The number of fused-ring (bicyclic) bond motifs is 7. The average molecular weight is 1300 g/mol. The molecule has 14 rings (SSSR count). The van der Waals surface area contributed by atoms with Crippen LogP contribution in [0.25, 0.3) is 99.8 Å². The number of imidazole rings is 1. The fraction of sp³-hybridized carbons (Fsp3) is 0.154. The van der Waals surface area contributed by atoms with Crippen LogP contribution in [0.5, 0.6) is 11.5 Å². The van der Waals surface area contributed by atoms with Crippen molar-refractivity contribution in [2.24, 2.45) is 0 Å². The Morgan fingerprint density at radius 1 is 0.518 bits per heavy atom. The van der Waals surface area contributed by atoms with Crippen LogP contribution in [0.2, 0.25) is 0 Å². The van der Waals surface area contributed by atoms with Crippen molar-refractivity contribution in [2.75, 3.05) is 0 Å². The number of hydrogen-bond donors (Lipinski definition) is 0. The standard InChI is InChI=1S/C78H65N5O.Pt/c1-76(2,3)56-44-54(45-57(46-56)77(4,5)6)63-32-22-31-62(53-23-11-9-12-24-53)75(63)81-51-80(71-35-19-20-36-72(71)81)58-27-21-28-60(47-58)84-61-38-39-66-67-48-59(82-68-33-17-15-29-64(68)65-30-16-18-34-69(65)82)37-40-70(67)83(73(66)49-61)74-43-52(41-42-79-74)50-78(7,8)55-25-13-10-14-26-55;/h9-46,48H,50H2,1-8H3;/q-2;/i9D,11D,12D,15D,16D,17D,18D,23D,24D,29D,30D,33D,34D,50D2;. The molecule has 0 aliphatic heterocycles. The van der Waals surface area contributed by atoms with Crippen LogP contribution >= 0.6 is 0 Å². The van der Waals surface area contributed by atoms with Gasteiger partial charge in [-0.15, -0.1) is 29.7 Å². The van der Waals surface area contributed by atoms with Gasteiger partial charge < -0.3 is 18.4 Å². The molecule has 10 aromatic carbocycles. The molecule has 420 valence electrons. The Bertz CT molecular complexity index is 5610. The summed E-state index contributed by atoms with van der Waals surface area (Å²) in [7, 11) is 0. The van der Waals surface area contributed by atoms with Crippen LogP contribution in [0.1, 0.15) is 98.2 Å². The third-order valence-corrected chi connectivity index (χ3v) is 15.6. The predicted octanol–water partition coefficient (Wildman–Crippen LogP) is 19.1. The molecule has 7 heteroatoms. The molecule has 0 aliphatic carbocycles. The smallest absolute Gasteiger partial charge is 0.268 e. The summed E-state index contributed by atoms with van der Waals surface area (Å²) in [5.74, 6) is 0.842. The first kappa shape index (κ1) is 40.2. The molecule has 0 atom stereocenters. The minimum atomic E-state index is -1.96. The number of nitrogens with zero attached hydrogens (tertiary/aromatic N) is 5. The van der Waals surface area contributed by atoms with Gasteiger partial charge in [-0.1, -0.05) is 218 Å². The zero-order chi connectivity index (χ0) is 70.6. The molecule has 14 aromatic rings. The van der Waals surface area contributed by atoms with E-state index in [1.165, 1.54) is 4.57 Å². The molecule has 0 N–H and O–H groups in total. The van der Waals surface area contributed by atoms with Gasteiger partial charge in [0.05, 0.1) is 45.6 Å². The van der Waals surface area contributed by atoms with Gasteiger partial charge in [0.25, 0.3) is 6.33 Å².